The van der Waals surface area contributed by atoms with Crippen LogP contribution in [-0.2, 0) is 16.0 Å². The van der Waals surface area contributed by atoms with Gasteiger partial charge in [-0.15, -0.1) is 0 Å². The van der Waals surface area contributed by atoms with E-state index in [4.69, 9.17) is 0 Å². The predicted octanol–water partition coefficient (Wildman–Crippen LogP) is 3.08. The van der Waals surface area contributed by atoms with Crippen LogP contribution >= 0.6 is 0 Å². The fraction of sp³-hybridized carbons (Fsp3) is 0.600. The fourth-order valence-corrected chi connectivity index (χ4v) is 3.43. The maximum absolute atomic E-state index is 12.4. The van der Waals surface area contributed by atoms with E-state index in [0.29, 0.717) is 6.42 Å². The Labute approximate surface area is 145 Å². The van der Waals surface area contributed by atoms with Gasteiger partial charge >= 0.3 is 0 Å². The van der Waals surface area contributed by atoms with Crippen molar-refractivity contribution in [3.63, 3.8) is 0 Å². The molecule has 4 heteroatoms. The van der Waals surface area contributed by atoms with Crippen LogP contribution in [0.1, 0.15) is 50.7 Å². The molecule has 1 saturated heterocycles. The van der Waals surface area contributed by atoms with Gasteiger partial charge in [-0.05, 0) is 38.2 Å². The van der Waals surface area contributed by atoms with Gasteiger partial charge < -0.3 is 10.2 Å². The third-order valence-corrected chi connectivity index (χ3v) is 4.95. The van der Waals surface area contributed by atoms with Crippen molar-refractivity contribution in [2.24, 2.45) is 5.92 Å². The average molecular weight is 330 g/mol. The van der Waals surface area contributed by atoms with E-state index in [9.17, 15) is 9.59 Å². The van der Waals surface area contributed by atoms with Crippen LogP contribution in [0.3, 0.4) is 0 Å². The number of benzene rings is 1. The second kappa shape index (κ2) is 8.86. The summed E-state index contributed by atoms with van der Waals surface area (Å²) >= 11 is 0. The summed E-state index contributed by atoms with van der Waals surface area (Å²) in [5.74, 6) is 0.507. The van der Waals surface area contributed by atoms with E-state index >= 15 is 0 Å². The smallest absolute Gasteiger partial charge is 0.225 e. The molecule has 1 fully saturated rings. The Bertz CT molecular complexity index is 559. The lowest BCUT2D eigenvalue weighted by Gasteiger charge is -2.34. The van der Waals surface area contributed by atoms with Crippen molar-refractivity contribution in [3.05, 3.63) is 35.4 Å². The summed E-state index contributed by atoms with van der Waals surface area (Å²) in [6.07, 6.45) is 3.94. The largest absolute Gasteiger partial charge is 0.353 e. The zero-order chi connectivity index (χ0) is 17.5. The topological polar surface area (TPSA) is 49.4 Å². The van der Waals surface area contributed by atoms with Crippen molar-refractivity contribution in [2.45, 2.75) is 58.9 Å². The number of nitrogens with one attached hydrogen (secondary N) is 1. The number of piperidine rings is 1. The molecule has 132 valence electrons. The highest BCUT2D eigenvalue weighted by Crippen LogP contribution is 2.17. The molecule has 0 atom stereocenters. The summed E-state index contributed by atoms with van der Waals surface area (Å²) in [6, 6.07) is 8.25. The molecule has 0 radical (unpaired) electrons. The molecule has 24 heavy (non-hydrogen) atoms. The van der Waals surface area contributed by atoms with Gasteiger partial charge in [0.05, 0.1) is 6.42 Å². The van der Waals surface area contributed by atoms with Crippen LogP contribution in [0.4, 0.5) is 0 Å². The minimum Gasteiger partial charge on any atom is -0.353 e. The van der Waals surface area contributed by atoms with Crippen molar-refractivity contribution in [3.8, 4) is 0 Å². The lowest BCUT2D eigenvalue weighted by Crippen LogP contribution is -2.48. The molecular weight excluding hydrogens is 300 g/mol. The van der Waals surface area contributed by atoms with Gasteiger partial charge in [-0.25, -0.2) is 0 Å². The van der Waals surface area contributed by atoms with Crippen LogP contribution in [0.5, 0.6) is 0 Å². The third-order valence-electron chi connectivity index (χ3n) is 4.95. The van der Waals surface area contributed by atoms with Crippen molar-refractivity contribution in [1.29, 1.82) is 0 Å². The number of hydrogen-bond acceptors (Lipinski definition) is 2. The standard InChI is InChI=1S/C20H30N2O2/c1-4-17(5-2)20(24)22-11-9-18(10-12-22)21-19(23)14-16-8-6-7-15(3)13-16/h6-8,13,17-18H,4-5,9-12,14H2,1-3H3,(H,21,23). The van der Waals surface area contributed by atoms with E-state index in [1.54, 1.807) is 0 Å². The zero-order valence-electron chi connectivity index (χ0n) is 15.2. The normalized spacial score (nSPS) is 15.6. The monoisotopic (exact) mass is 330 g/mol. The van der Waals surface area contributed by atoms with E-state index in [2.05, 4.69) is 25.2 Å². The van der Waals surface area contributed by atoms with Gasteiger partial charge in [0.2, 0.25) is 11.8 Å². The molecule has 0 saturated carbocycles. The Morgan fingerprint density at radius 1 is 1.21 bits per heavy atom. The Morgan fingerprint density at radius 2 is 1.88 bits per heavy atom. The summed E-state index contributed by atoms with van der Waals surface area (Å²) in [7, 11) is 0. The first kappa shape index (κ1) is 18.5. The number of carbonyl (C=O) groups is 2. The summed E-state index contributed by atoms with van der Waals surface area (Å²) in [4.78, 5) is 26.6. The molecule has 2 amide bonds. The highest BCUT2D eigenvalue weighted by Gasteiger charge is 2.27. The molecule has 4 nitrogen and oxygen atoms in total. The quantitative estimate of drug-likeness (QED) is 0.871. The molecule has 0 aliphatic carbocycles. The summed E-state index contributed by atoms with van der Waals surface area (Å²) in [6.45, 7) is 7.69. The molecule has 0 bridgehead atoms. The number of carbonyl (C=O) groups excluding carboxylic acids is 2. The molecule has 1 aliphatic rings. The minimum atomic E-state index is 0.0744. The Kier molecular flexibility index (Phi) is 6.83. The molecule has 0 unspecified atom stereocenters. The van der Waals surface area contributed by atoms with Crippen LogP contribution in [-0.4, -0.2) is 35.8 Å². The van der Waals surface area contributed by atoms with Crippen LogP contribution in [0.2, 0.25) is 0 Å². The number of likely N-dealkylation sites (tertiary alicyclic amines) is 1. The Morgan fingerprint density at radius 3 is 2.46 bits per heavy atom. The van der Waals surface area contributed by atoms with E-state index in [1.807, 2.05) is 30.0 Å². The number of aryl methyl sites for hydroxylation is 1. The fourth-order valence-electron chi connectivity index (χ4n) is 3.43. The highest BCUT2D eigenvalue weighted by molar-refractivity contribution is 5.80. The van der Waals surface area contributed by atoms with E-state index in [1.165, 1.54) is 5.56 Å². The first-order valence-corrected chi connectivity index (χ1v) is 9.17. The van der Waals surface area contributed by atoms with E-state index in [-0.39, 0.29) is 23.8 Å². The second-order valence-electron chi connectivity index (χ2n) is 6.85. The second-order valence-corrected chi connectivity index (χ2v) is 6.85. The predicted molar refractivity (Wildman–Crippen MR) is 96.7 cm³/mol. The molecule has 1 aliphatic heterocycles. The molecule has 0 spiro atoms. The third kappa shape index (κ3) is 5.08. The molecule has 2 rings (SSSR count). The Hall–Kier alpha value is -1.84. The first-order chi connectivity index (χ1) is 11.5. The van der Waals surface area contributed by atoms with Gasteiger partial charge in [-0.1, -0.05) is 43.7 Å². The van der Waals surface area contributed by atoms with Gasteiger partial charge in [-0.2, -0.15) is 0 Å². The number of hydrogen-bond donors (Lipinski definition) is 1. The van der Waals surface area contributed by atoms with E-state index in [0.717, 1.165) is 44.3 Å². The van der Waals surface area contributed by atoms with Crippen LogP contribution < -0.4 is 5.32 Å². The van der Waals surface area contributed by atoms with Crippen molar-refractivity contribution < 1.29 is 9.59 Å². The highest BCUT2D eigenvalue weighted by atomic mass is 16.2. The maximum atomic E-state index is 12.4. The van der Waals surface area contributed by atoms with Gasteiger partial charge in [0.1, 0.15) is 0 Å². The van der Waals surface area contributed by atoms with Crippen LogP contribution in [0.15, 0.2) is 24.3 Å². The Balaban J connectivity index is 1.78. The molecule has 1 aromatic carbocycles. The summed E-state index contributed by atoms with van der Waals surface area (Å²) in [5, 5.41) is 3.13. The van der Waals surface area contributed by atoms with Gasteiger partial charge in [0.25, 0.3) is 0 Å². The molecule has 1 N–H and O–H groups in total. The number of nitrogens with zero attached hydrogens (tertiary/aromatic N) is 1. The number of amides is 2. The van der Waals surface area contributed by atoms with Crippen LogP contribution in [0, 0.1) is 12.8 Å². The van der Waals surface area contributed by atoms with Gasteiger partial charge in [-0.3, -0.25) is 9.59 Å². The lowest BCUT2D eigenvalue weighted by molar-refractivity contribution is -0.137. The van der Waals surface area contributed by atoms with Gasteiger partial charge in [0, 0.05) is 25.0 Å². The summed E-state index contributed by atoms with van der Waals surface area (Å²) < 4.78 is 0. The number of rotatable bonds is 6. The lowest BCUT2D eigenvalue weighted by atomic mass is 9.98. The van der Waals surface area contributed by atoms with E-state index < -0.39 is 0 Å². The molecule has 1 aromatic rings. The average Bonchev–Trinajstić information content (AvgIpc) is 2.56. The maximum Gasteiger partial charge on any atom is 0.225 e. The van der Waals surface area contributed by atoms with Crippen LogP contribution in [0.25, 0.3) is 0 Å². The minimum absolute atomic E-state index is 0.0744. The zero-order valence-corrected chi connectivity index (χ0v) is 15.2. The summed E-state index contributed by atoms with van der Waals surface area (Å²) in [5.41, 5.74) is 2.22. The van der Waals surface area contributed by atoms with Crippen molar-refractivity contribution in [2.75, 3.05) is 13.1 Å². The van der Waals surface area contributed by atoms with Crippen molar-refractivity contribution >= 4 is 11.8 Å². The SMILES string of the molecule is CCC(CC)C(=O)N1CCC(NC(=O)Cc2cccc(C)c2)CC1. The first-order valence-electron chi connectivity index (χ1n) is 9.17. The molecule has 0 aromatic heterocycles. The molecular formula is C20H30N2O2. The molecule has 1 heterocycles. The van der Waals surface area contributed by atoms with Gasteiger partial charge in [0.15, 0.2) is 0 Å². The van der Waals surface area contributed by atoms with Crippen molar-refractivity contribution in [1.82, 2.24) is 10.2 Å².